The molecule has 2 aromatic rings. The van der Waals surface area contributed by atoms with Gasteiger partial charge in [-0.05, 0) is 10.3 Å². The van der Waals surface area contributed by atoms with Gasteiger partial charge in [-0.1, -0.05) is 5.21 Å². The van der Waals surface area contributed by atoms with E-state index in [1.165, 1.54) is 30.8 Å². The lowest BCUT2D eigenvalue weighted by atomic mass is 10.4. The summed E-state index contributed by atoms with van der Waals surface area (Å²) in [6, 6.07) is 0. The van der Waals surface area contributed by atoms with Crippen LogP contribution in [0.5, 0.6) is 0 Å². The molecular weight excluding hydrogens is 222 g/mol. The molecule has 0 spiro atoms. The molecule has 3 N–H and O–H groups in total. The predicted molar refractivity (Wildman–Crippen MR) is 57.3 cm³/mol. The third-order valence-electron chi connectivity index (χ3n) is 3.06. The first-order chi connectivity index (χ1) is 8.34. The summed E-state index contributed by atoms with van der Waals surface area (Å²) in [6.45, 7) is 3.26. The molecule has 0 aliphatic carbocycles. The van der Waals surface area contributed by atoms with Gasteiger partial charge in [0.1, 0.15) is 12.2 Å². The maximum Gasteiger partial charge on any atom is 0.243 e. The number of hydrogen-bond acceptors (Lipinski definition) is 6. The summed E-state index contributed by atoms with van der Waals surface area (Å²) in [5.74, 6) is 0.643. The smallest absolute Gasteiger partial charge is 0.243 e. The van der Waals surface area contributed by atoms with Crippen molar-refractivity contribution in [2.24, 2.45) is 0 Å². The maximum atomic E-state index is 5.65. The molecule has 90 valence electrons. The maximum absolute atomic E-state index is 5.65. The van der Waals surface area contributed by atoms with Gasteiger partial charge in [0, 0.05) is 12.8 Å². The van der Waals surface area contributed by atoms with Gasteiger partial charge in [-0.15, -0.1) is 5.10 Å². The highest BCUT2D eigenvalue weighted by atomic mass is 16.6. The Hall–Kier alpha value is -1.96. The topological polar surface area (TPSA) is 100 Å². The Labute approximate surface area is 97.3 Å². The first kappa shape index (κ1) is 10.2. The molecule has 0 bridgehead atoms. The van der Waals surface area contributed by atoms with Crippen LogP contribution in [0.3, 0.4) is 0 Å². The zero-order valence-electron chi connectivity index (χ0n) is 9.33. The van der Waals surface area contributed by atoms with Gasteiger partial charge in [-0.2, -0.15) is 4.68 Å². The van der Waals surface area contributed by atoms with E-state index in [0.717, 1.165) is 12.2 Å². The lowest BCUT2D eigenvalue weighted by Crippen LogP contribution is -3.08. The highest BCUT2D eigenvalue weighted by Crippen LogP contribution is 2.11. The van der Waals surface area contributed by atoms with E-state index in [1.807, 2.05) is 0 Å². The molecule has 3 heterocycles. The van der Waals surface area contributed by atoms with Crippen LogP contribution in [0.1, 0.15) is 18.5 Å². The first-order valence-corrected chi connectivity index (χ1v) is 5.66. The Morgan fingerprint density at radius 2 is 2.18 bits per heavy atom. The first-order valence-electron chi connectivity index (χ1n) is 5.66. The van der Waals surface area contributed by atoms with Crippen LogP contribution in [0.25, 0.3) is 5.82 Å². The van der Waals surface area contributed by atoms with E-state index in [4.69, 9.17) is 5.73 Å². The number of likely N-dealkylation sites (tertiary alicyclic amines) is 1. The molecule has 1 aliphatic rings. The number of nitrogen functional groups attached to an aromatic ring is 1. The molecule has 0 unspecified atom stereocenters. The Morgan fingerprint density at radius 3 is 2.88 bits per heavy atom. The van der Waals surface area contributed by atoms with E-state index in [9.17, 15) is 0 Å². The molecule has 1 aliphatic heterocycles. The molecule has 8 heteroatoms. The van der Waals surface area contributed by atoms with E-state index in [0.29, 0.717) is 5.82 Å². The molecule has 0 radical (unpaired) electrons. The van der Waals surface area contributed by atoms with Crippen molar-refractivity contribution in [3.63, 3.8) is 0 Å². The monoisotopic (exact) mass is 236 g/mol. The number of hydrogen-bond donors (Lipinski definition) is 2. The zero-order chi connectivity index (χ0) is 11.7. The molecule has 1 saturated heterocycles. The average Bonchev–Trinajstić information content (AvgIpc) is 3.00. The number of aromatic nitrogens is 5. The standard InChI is InChI=1S/C9H13N7O/c10-8-9(13-17-12-8)16-7(5-11-14-16)6-15-3-1-2-4-15/h5H,1-4,6H2,(H2,10,12)/p+1. The fraction of sp³-hybridized carbons (Fsp3) is 0.556. The lowest BCUT2D eigenvalue weighted by Gasteiger charge is -2.11. The van der Waals surface area contributed by atoms with Gasteiger partial charge in [0.15, 0.2) is 0 Å². The van der Waals surface area contributed by atoms with Gasteiger partial charge in [0.05, 0.1) is 19.3 Å². The summed E-state index contributed by atoms with van der Waals surface area (Å²) in [7, 11) is 0. The van der Waals surface area contributed by atoms with E-state index in [2.05, 4.69) is 25.3 Å². The van der Waals surface area contributed by atoms with Crippen LogP contribution in [0.2, 0.25) is 0 Å². The van der Waals surface area contributed by atoms with Gasteiger partial charge in [0.2, 0.25) is 11.6 Å². The van der Waals surface area contributed by atoms with Crippen molar-refractivity contribution in [1.29, 1.82) is 0 Å². The summed E-state index contributed by atoms with van der Waals surface area (Å²) in [6.07, 6.45) is 4.30. The number of anilines is 1. The number of nitrogens with zero attached hydrogens (tertiary/aromatic N) is 5. The Kier molecular flexibility index (Phi) is 2.48. The van der Waals surface area contributed by atoms with Crippen LogP contribution >= 0.6 is 0 Å². The molecule has 0 aromatic carbocycles. The number of quaternary nitrogens is 1. The fourth-order valence-electron chi connectivity index (χ4n) is 2.20. The lowest BCUT2D eigenvalue weighted by molar-refractivity contribution is -0.901. The van der Waals surface area contributed by atoms with Crippen molar-refractivity contribution < 1.29 is 9.53 Å². The Bertz CT molecular complexity index is 499. The second-order valence-corrected chi connectivity index (χ2v) is 4.24. The van der Waals surface area contributed by atoms with Crippen LogP contribution < -0.4 is 10.6 Å². The number of rotatable bonds is 3. The minimum Gasteiger partial charge on any atom is -0.378 e. The van der Waals surface area contributed by atoms with Crippen LogP contribution in [0.4, 0.5) is 5.82 Å². The Balaban J connectivity index is 1.86. The summed E-state index contributed by atoms with van der Waals surface area (Å²) >= 11 is 0. The molecule has 0 amide bonds. The largest absolute Gasteiger partial charge is 0.378 e. The Morgan fingerprint density at radius 1 is 1.35 bits per heavy atom. The summed E-state index contributed by atoms with van der Waals surface area (Å²) in [5.41, 5.74) is 6.62. The zero-order valence-corrected chi connectivity index (χ0v) is 9.33. The predicted octanol–water partition coefficient (Wildman–Crippen LogP) is -1.59. The van der Waals surface area contributed by atoms with E-state index < -0.39 is 0 Å². The summed E-state index contributed by atoms with van der Waals surface area (Å²) in [5, 5.41) is 15.1. The van der Waals surface area contributed by atoms with Gasteiger partial charge < -0.3 is 10.6 Å². The van der Waals surface area contributed by atoms with Gasteiger partial charge in [-0.3, -0.25) is 0 Å². The van der Waals surface area contributed by atoms with E-state index in [-0.39, 0.29) is 5.82 Å². The average molecular weight is 236 g/mol. The van der Waals surface area contributed by atoms with Crippen molar-refractivity contribution >= 4 is 5.82 Å². The summed E-state index contributed by atoms with van der Waals surface area (Å²) in [4.78, 5) is 1.53. The minimum absolute atomic E-state index is 0.230. The van der Waals surface area contributed by atoms with Crippen molar-refractivity contribution in [3.05, 3.63) is 11.9 Å². The third-order valence-corrected chi connectivity index (χ3v) is 3.06. The van der Waals surface area contributed by atoms with E-state index in [1.54, 1.807) is 10.9 Å². The van der Waals surface area contributed by atoms with Gasteiger partial charge in [-0.25, -0.2) is 4.63 Å². The number of nitrogens with one attached hydrogen (secondary N) is 1. The second-order valence-electron chi connectivity index (χ2n) is 4.24. The SMILES string of the molecule is Nc1nonc1-n1nncc1C[NH+]1CCCC1. The molecule has 3 rings (SSSR count). The highest BCUT2D eigenvalue weighted by Gasteiger charge is 2.21. The van der Waals surface area contributed by atoms with Crippen molar-refractivity contribution in [1.82, 2.24) is 25.3 Å². The minimum atomic E-state index is 0.230. The van der Waals surface area contributed by atoms with Gasteiger partial charge >= 0.3 is 0 Å². The highest BCUT2D eigenvalue weighted by molar-refractivity contribution is 5.44. The van der Waals surface area contributed by atoms with Crippen molar-refractivity contribution in [2.45, 2.75) is 19.4 Å². The molecule has 0 atom stereocenters. The van der Waals surface area contributed by atoms with Crippen LogP contribution in [0, 0.1) is 0 Å². The van der Waals surface area contributed by atoms with Crippen LogP contribution in [0.15, 0.2) is 10.8 Å². The molecule has 1 fully saturated rings. The van der Waals surface area contributed by atoms with Crippen molar-refractivity contribution in [3.8, 4) is 5.82 Å². The quantitative estimate of drug-likeness (QED) is 0.666. The van der Waals surface area contributed by atoms with Gasteiger partial charge in [0.25, 0.3) is 0 Å². The van der Waals surface area contributed by atoms with Crippen LogP contribution in [-0.4, -0.2) is 38.4 Å². The second kappa shape index (κ2) is 4.13. The normalized spacial score (nSPS) is 16.7. The fourth-order valence-corrected chi connectivity index (χ4v) is 2.20. The molecule has 0 saturated carbocycles. The molecular formula is C9H14N7O+. The van der Waals surface area contributed by atoms with E-state index >= 15 is 0 Å². The molecule has 2 aromatic heterocycles. The summed E-state index contributed by atoms with van der Waals surface area (Å²) < 4.78 is 6.17. The third kappa shape index (κ3) is 1.86. The number of nitrogens with two attached hydrogens (primary N) is 1. The molecule has 17 heavy (non-hydrogen) atoms. The van der Waals surface area contributed by atoms with Crippen LogP contribution in [-0.2, 0) is 6.54 Å². The molecule has 8 nitrogen and oxygen atoms in total. The van der Waals surface area contributed by atoms with Crippen molar-refractivity contribution in [2.75, 3.05) is 18.8 Å².